The topological polar surface area (TPSA) is 76.1 Å². The van der Waals surface area contributed by atoms with Crippen LogP contribution in [0.1, 0.15) is 56.5 Å². The van der Waals surface area contributed by atoms with Crippen molar-refractivity contribution in [2.45, 2.75) is 51.7 Å². The lowest BCUT2D eigenvalue weighted by atomic mass is 9.84. The number of nitrogens with zero attached hydrogens (tertiary/aromatic N) is 1. The van der Waals surface area contributed by atoms with Crippen molar-refractivity contribution < 1.29 is 24.2 Å². The third-order valence-electron chi connectivity index (χ3n) is 4.15. The van der Waals surface area contributed by atoms with Gasteiger partial charge in [0.2, 0.25) is 0 Å². The maximum absolute atomic E-state index is 12.1. The summed E-state index contributed by atoms with van der Waals surface area (Å²) in [6, 6.07) is 6.87. The zero-order chi connectivity index (χ0) is 18.7. The van der Waals surface area contributed by atoms with Crippen molar-refractivity contribution in [1.29, 1.82) is 0 Å². The van der Waals surface area contributed by atoms with Crippen LogP contribution in [0, 0.1) is 0 Å². The Bertz CT molecular complexity index is 627. The van der Waals surface area contributed by atoms with Crippen LogP contribution in [-0.4, -0.2) is 47.4 Å². The molecule has 1 aromatic carbocycles. The summed E-state index contributed by atoms with van der Waals surface area (Å²) in [6.07, 6.45) is 0.409. The normalized spacial score (nSPS) is 17.1. The monoisotopic (exact) mass is 349 g/mol. The molecule has 1 heterocycles. The number of ether oxygens (including phenoxy) is 2. The molecule has 0 unspecified atom stereocenters. The second-order valence-electron chi connectivity index (χ2n) is 7.30. The predicted octanol–water partition coefficient (Wildman–Crippen LogP) is 3.08. The van der Waals surface area contributed by atoms with E-state index in [4.69, 9.17) is 9.47 Å². The number of piperidine rings is 1. The number of carbonyl (C=O) groups is 2. The Balaban J connectivity index is 2.06. The standard InChI is InChI=1S/C19H27NO5/c1-5-24-16(21)14-7-6-8-15(13-14)19(23)9-11-20(12-10-19)17(22)25-18(2,3)4/h6-8,13,23H,5,9-12H2,1-4H3. The predicted molar refractivity (Wildman–Crippen MR) is 93.3 cm³/mol. The fourth-order valence-corrected chi connectivity index (χ4v) is 2.82. The molecule has 138 valence electrons. The van der Waals surface area contributed by atoms with E-state index in [0.717, 1.165) is 0 Å². The largest absolute Gasteiger partial charge is 0.462 e. The Morgan fingerprint density at radius 2 is 1.88 bits per heavy atom. The molecule has 0 radical (unpaired) electrons. The molecule has 0 saturated carbocycles. The fourth-order valence-electron chi connectivity index (χ4n) is 2.82. The summed E-state index contributed by atoms with van der Waals surface area (Å²) in [5.74, 6) is -0.404. The van der Waals surface area contributed by atoms with Gasteiger partial charge < -0.3 is 19.5 Å². The van der Waals surface area contributed by atoms with Crippen molar-refractivity contribution >= 4 is 12.1 Å². The Hall–Kier alpha value is -2.08. The van der Waals surface area contributed by atoms with Gasteiger partial charge in [-0.05, 0) is 58.2 Å². The van der Waals surface area contributed by atoms with Gasteiger partial charge >= 0.3 is 12.1 Å². The van der Waals surface area contributed by atoms with Crippen molar-refractivity contribution in [2.75, 3.05) is 19.7 Å². The number of esters is 1. The first-order chi connectivity index (χ1) is 11.6. The molecule has 25 heavy (non-hydrogen) atoms. The van der Waals surface area contributed by atoms with E-state index in [9.17, 15) is 14.7 Å². The van der Waals surface area contributed by atoms with Crippen LogP contribution in [0.25, 0.3) is 0 Å². The highest BCUT2D eigenvalue weighted by molar-refractivity contribution is 5.89. The minimum absolute atomic E-state index is 0.304. The number of rotatable bonds is 3. The van der Waals surface area contributed by atoms with E-state index < -0.39 is 17.2 Å². The zero-order valence-corrected chi connectivity index (χ0v) is 15.4. The van der Waals surface area contributed by atoms with Gasteiger partial charge in [0.25, 0.3) is 0 Å². The summed E-state index contributed by atoms with van der Waals surface area (Å²) in [7, 11) is 0. The quantitative estimate of drug-likeness (QED) is 0.849. The molecule has 2 rings (SSSR count). The second-order valence-corrected chi connectivity index (χ2v) is 7.30. The molecular formula is C19H27NO5. The summed E-state index contributed by atoms with van der Waals surface area (Å²) in [5.41, 5.74) is -0.524. The summed E-state index contributed by atoms with van der Waals surface area (Å²) in [5, 5.41) is 11.0. The van der Waals surface area contributed by atoms with Gasteiger partial charge in [-0.15, -0.1) is 0 Å². The van der Waals surface area contributed by atoms with Gasteiger partial charge in [0.15, 0.2) is 0 Å². The third-order valence-corrected chi connectivity index (χ3v) is 4.15. The molecule has 6 nitrogen and oxygen atoms in total. The molecular weight excluding hydrogens is 322 g/mol. The lowest BCUT2D eigenvalue weighted by molar-refractivity contribution is -0.0356. The van der Waals surface area contributed by atoms with E-state index >= 15 is 0 Å². The Morgan fingerprint density at radius 1 is 1.24 bits per heavy atom. The van der Waals surface area contributed by atoms with Gasteiger partial charge in [-0.2, -0.15) is 0 Å². The molecule has 0 aromatic heterocycles. The average molecular weight is 349 g/mol. The van der Waals surface area contributed by atoms with Crippen molar-refractivity contribution in [2.24, 2.45) is 0 Å². The van der Waals surface area contributed by atoms with E-state index in [0.29, 0.717) is 43.7 Å². The van der Waals surface area contributed by atoms with Gasteiger partial charge in [-0.25, -0.2) is 9.59 Å². The van der Waals surface area contributed by atoms with E-state index in [1.54, 1.807) is 36.1 Å². The second kappa shape index (κ2) is 7.44. The molecule has 1 N–H and O–H groups in total. The Kier molecular flexibility index (Phi) is 5.72. The van der Waals surface area contributed by atoms with E-state index in [1.165, 1.54) is 0 Å². The van der Waals surface area contributed by atoms with Crippen molar-refractivity contribution in [3.63, 3.8) is 0 Å². The van der Waals surface area contributed by atoms with Crippen LogP contribution in [0.2, 0.25) is 0 Å². The maximum Gasteiger partial charge on any atom is 0.410 e. The zero-order valence-electron chi connectivity index (χ0n) is 15.4. The van der Waals surface area contributed by atoms with E-state index in [1.807, 2.05) is 20.8 Å². The number of amides is 1. The maximum atomic E-state index is 12.1. The van der Waals surface area contributed by atoms with Crippen LogP contribution in [0.5, 0.6) is 0 Å². The Morgan fingerprint density at radius 3 is 2.44 bits per heavy atom. The minimum Gasteiger partial charge on any atom is -0.462 e. The number of hydrogen-bond acceptors (Lipinski definition) is 5. The van der Waals surface area contributed by atoms with Crippen molar-refractivity contribution in [3.05, 3.63) is 35.4 Å². The van der Waals surface area contributed by atoms with Gasteiger partial charge in [-0.1, -0.05) is 12.1 Å². The highest BCUT2D eigenvalue weighted by Crippen LogP contribution is 2.33. The number of carbonyl (C=O) groups excluding carboxylic acids is 2. The SMILES string of the molecule is CCOC(=O)c1cccc(C2(O)CCN(C(=O)OC(C)(C)C)CC2)c1. The molecule has 1 amide bonds. The lowest BCUT2D eigenvalue weighted by Gasteiger charge is -2.39. The smallest absolute Gasteiger partial charge is 0.410 e. The molecule has 1 aromatic rings. The van der Waals surface area contributed by atoms with E-state index in [2.05, 4.69) is 0 Å². The Labute approximate surface area is 148 Å². The van der Waals surface area contributed by atoms with Crippen LogP contribution in [0.3, 0.4) is 0 Å². The summed E-state index contributed by atoms with van der Waals surface area (Å²) in [6.45, 7) is 8.33. The van der Waals surface area contributed by atoms with Crippen LogP contribution in [-0.2, 0) is 15.1 Å². The molecule has 0 atom stereocenters. The molecule has 0 aliphatic carbocycles. The highest BCUT2D eigenvalue weighted by Gasteiger charge is 2.37. The first kappa shape index (κ1) is 19.2. The van der Waals surface area contributed by atoms with Gasteiger partial charge in [0, 0.05) is 13.1 Å². The number of hydrogen-bond donors (Lipinski definition) is 1. The van der Waals surface area contributed by atoms with Gasteiger partial charge in [0.05, 0.1) is 17.8 Å². The minimum atomic E-state index is -1.07. The highest BCUT2D eigenvalue weighted by atomic mass is 16.6. The fraction of sp³-hybridized carbons (Fsp3) is 0.579. The molecule has 1 aliphatic rings. The number of aliphatic hydroxyl groups is 1. The summed E-state index contributed by atoms with van der Waals surface area (Å²) < 4.78 is 10.4. The van der Waals surface area contributed by atoms with Gasteiger partial charge in [0.1, 0.15) is 5.60 Å². The summed E-state index contributed by atoms with van der Waals surface area (Å²) >= 11 is 0. The van der Waals surface area contributed by atoms with Crippen molar-refractivity contribution in [3.8, 4) is 0 Å². The van der Waals surface area contributed by atoms with Crippen LogP contribution in [0.15, 0.2) is 24.3 Å². The van der Waals surface area contributed by atoms with Crippen LogP contribution < -0.4 is 0 Å². The molecule has 0 bridgehead atoms. The number of likely N-dealkylation sites (tertiary alicyclic amines) is 1. The molecule has 6 heteroatoms. The molecule has 1 aliphatic heterocycles. The third kappa shape index (κ3) is 4.95. The molecule has 0 spiro atoms. The number of benzene rings is 1. The van der Waals surface area contributed by atoms with Crippen LogP contribution in [0.4, 0.5) is 4.79 Å². The lowest BCUT2D eigenvalue weighted by Crippen LogP contribution is -2.46. The summed E-state index contributed by atoms with van der Waals surface area (Å²) in [4.78, 5) is 25.6. The van der Waals surface area contributed by atoms with Gasteiger partial charge in [-0.3, -0.25) is 0 Å². The average Bonchev–Trinajstić information content (AvgIpc) is 2.54. The van der Waals surface area contributed by atoms with Crippen LogP contribution >= 0.6 is 0 Å². The first-order valence-corrected chi connectivity index (χ1v) is 8.62. The molecule has 1 saturated heterocycles. The van der Waals surface area contributed by atoms with Crippen molar-refractivity contribution in [1.82, 2.24) is 4.90 Å². The van der Waals surface area contributed by atoms with E-state index in [-0.39, 0.29) is 6.09 Å². The first-order valence-electron chi connectivity index (χ1n) is 8.62. The molecule has 1 fully saturated rings.